The Balaban J connectivity index is 0.00000225. The molecular weight excluding hydrogens is 379 g/mol. The Morgan fingerprint density at radius 2 is 2.12 bits per heavy atom. The molecule has 0 saturated heterocycles. The number of hydrogen-bond acceptors (Lipinski definition) is 4. The van der Waals surface area contributed by atoms with E-state index in [-0.39, 0.29) is 18.3 Å². The first-order chi connectivity index (χ1) is 11.6. The van der Waals surface area contributed by atoms with E-state index in [9.17, 15) is 4.79 Å². The highest BCUT2D eigenvalue weighted by Gasteiger charge is 2.17. The van der Waals surface area contributed by atoms with E-state index in [2.05, 4.69) is 15.7 Å². The molecule has 0 radical (unpaired) electrons. The minimum absolute atomic E-state index is 0. The fourth-order valence-electron chi connectivity index (χ4n) is 2.47. The number of thiophene rings is 1. The van der Waals surface area contributed by atoms with Crippen LogP contribution < -0.4 is 10.6 Å². The van der Waals surface area contributed by atoms with E-state index < -0.39 is 0 Å². The van der Waals surface area contributed by atoms with E-state index in [1.54, 1.807) is 0 Å². The Morgan fingerprint density at radius 1 is 1.32 bits per heavy atom. The van der Waals surface area contributed by atoms with Gasteiger partial charge in [-0.15, -0.1) is 23.7 Å². The molecule has 0 aliphatic carbocycles. The van der Waals surface area contributed by atoms with Crippen LogP contribution in [0, 0.1) is 6.92 Å². The van der Waals surface area contributed by atoms with Crippen LogP contribution in [-0.2, 0) is 0 Å². The maximum Gasteiger partial charge on any atom is 0.261 e. The molecule has 0 aliphatic rings. The topological polar surface area (TPSA) is 58.9 Å². The predicted octanol–water partition coefficient (Wildman–Crippen LogP) is 3.81. The van der Waals surface area contributed by atoms with Crippen molar-refractivity contribution in [1.82, 2.24) is 20.4 Å². The van der Waals surface area contributed by atoms with Gasteiger partial charge < -0.3 is 10.6 Å². The van der Waals surface area contributed by atoms with Crippen molar-refractivity contribution in [3.8, 4) is 5.69 Å². The van der Waals surface area contributed by atoms with Crippen molar-refractivity contribution in [3.63, 3.8) is 0 Å². The standard InChI is InChI=1S/C17H19ClN4OS.ClH/c1-3-19-7-8-20-16(23)15-10-14-11(2)21-22(17(14)24-15)13-6-4-5-12(18)9-13;/h4-6,9-10,19H,3,7-8H2,1-2H3,(H,20,23);1H. The lowest BCUT2D eigenvalue weighted by molar-refractivity contribution is 0.0958. The molecule has 3 rings (SSSR count). The number of carbonyl (C=O) groups is 1. The number of hydrogen-bond donors (Lipinski definition) is 2. The molecule has 0 spiro atoms. The van der Waals surface area contributed by atoms with E-state index in [1.807, 2.05) is 48.9 Å². The predicted molar refractivity (Wildman–Crippen MR) is 107 cm³/mol. The van der Waals surface area contributed by atoms with Crippen molar-refractivity contribution in [3.05, 3.63) is 45.9 Å². The summed E-state index contributed by atoms with van der Waals surface area (Å²) < 4.78 is 1.84. The summed E-state index contributed by atoms with van der Waals surface area (Å²) in [6.07, 6.45) is 0. The summed E-state index contributed by atoms with van der Waals surface area (Å²) in [6.45, 7) is 6.26. The molecule has 25 heavy (non-hydrogen) atoms. The van der Waals surface area contributed by atoms with Crippen LogP contribution in [0.3, 0.4) is 0 Å². The summed E-state index contributed by atoms with van der Waals surface area (Å²) >= 11 is 7.53. The zero-order chi connectivity index (χ0) is 17.1. The zero-order valence-corrected chi connectivity index (χ0v) is 16.4. The fraction of sp³-hybridized carbons (Fsp3) is 0.294. The van der Waals surface area contributed by atoms with Gasteiger partial charge in [0.15, 0.2) is 0 Å². The van der Waals surface area contributed by atoms with Gasteiger partial charge in [0, 0.05) is 23.5 Å². The van der Waals surface area contributed by atoms with Gasteiger partial charge in [-0.05, 0) is 37.7 Å². The molecule has 2 aromatic heterocycles. The number of fused-ring (bicyclic) bond motifs is 1. The van der Waals surface area contributed by atoms with Crippen LogP contribution in [0.25, 0.3) is 15.9 Å². The maximum absolute atomic E-state index is 12.3. The van der Waals surface area contributed by atoms with Gasteiger partial charge in [-0.2, -0.15) is 5.10 Å². The van der Waals surface area contributed by atoms with Crippen LogP contribution in [0.4, 0.5) is 0 Å². The van der Waals surface area contributed by atoms with Crippen LogP contribution in [0.1, 0.15) is 22.3 Å². The highest BCUT2D eigenvalue weighted by atomic mass is 35.5. The van der Waals surface area contributed by atoms with Gasteiger partial charge in [-0.1, -0.05) is 24.6 Å². The molecule has 1 amide bonds. The average Bonchev–Trinajstić information content (AvgIpc) is 3.12. The number of nitrogens with one attached hydrogen (secondary N) is 2. The third kappa shape index (κ3) is 4.33. The molecule has 0 atom stereocenters. The highest BCUT2D eigenvalue weighted by molar-refractivity contribution is 7.20. The van der Waals surface area contributed by atoms with Crippen molar-refractivity contribution in [2.45, 2.75) is 13.8 Å². The van der Waals surface area contributed by atoms with Crippen molar-refractivity contribution < 1.29 is 4.79 Å². The summed E-state index contributed by atoms with van der Waals surface area (Å²) in [5, 5.41) is 12.3. The quantitative estimate of drug-likeness (QED) is 0.620. The SMILES string of the molecule is CCNCCNC(=O)c1cc2c(C)nn(-c3cccc(Cl)c3)c2s1.Cl. The third-order valence-electron chi connectivity index (χ3n) is 3.66. The summed E-state index contributed by atoms with van der Waals surface area (Å²) in [5.41, 5.74) is 1.79. The number of carbonyl (C=O) groups excluding carboxylic acids is 1. The summed E-state index contributed by atoms with van der Waals surface area (Å²) in [7, 11) is 0. The number of benzene rings is 1. The van der Waals surface area contributed by atoms with E-state index in [4.69, 9.17) is 11.6 Å². The summed E-state index contributed by atoms with van der Waals surface area (Å²) in [5.74, 6) is -0.0499. The number of aromatic nitrogens is 2. The minimum Gasteiger partial charge on any atom is -0.350 e. The highest BCUT2D eigenvalue weighted by Crippen LogP contribution is 2.30. The van der Waals surface area contributed by atoms with Gasteiger partial charge in [-0.3, -0.25) is 4.79 Å². The van der Waals surface area contributed by atoms with Crippen LogP contribution in [0.15, 0.2) is 30.3 Å². The normalized spacial score (nSPS) is 10.7. The molecule has 0 saturated carbocycles. The molecular formula is C17H20Cl2N4OS. The Morgan fingerprint density at radius 3 is 2.84 bits per heavy atom. The van der Waals surface area contributed by atoms with Crippen LogP contribution in [-0.4, -0.2) is 35.3 Å². The lowest BCUT2D eigenvalue weighted by Crippen LogP contribution is -2.31. The molecule has 8 heteroatoms. The maximum atomic E-state index is 12.3. The largest absolute Gasteiger partial charge is 0.350 e. The third-order valence-corrected chi connectivity index (χ3v) is 5.00. The van der Waals surface area contributed by atoms with Crippen LogP contribution in [0.2, 0.25) is 5.02 Å². The smallest absolute Gasteiger partial charge is 0.261 e. The molecule has 2 N–H and O–H groups in total. The van der Waals surface area contributed by atoms with Gasteiger partial charge in [0.05, 0.1) is 16.3 Å². The zero-order valence-electron chi connectivity index (χ0n) is 14.0. The minimum atomic E-state index is -0.0499. The summed E-state index contributed by atoms with van der Waals surface area (Å²) in [6, 6.07) is 9.45. The molecule has 3 aromatic rings. The van der Waals surface area contributed by atoms with Crippen molar-refractivity contribution in [2.24, 2.45) is 0 Å². The fourth-order valence-corrected chi connectivity index (χ4v) is 3.75. The number of amides is 1. The average molecular weight is 399 g/mol. The van der Waals surface area contributed by atoms with Gasteiger partial charge >= 0.3 is 0 Å². The Bertz CT molecular complexity index is 875. The number of rotatable bonds is 6. The van der Waals surface area contributed by atoms with E-state index in [0.717, 1.165) is 34.7 Å². The van der Waals surface area contributed by atoms with E-state index in [1.165, 1.54) is 11.3 Å². The Hall–Kier alpha value is -1.60. The number of halogens is 2. The lowest BCUT2D eigenvalue weighted by Gasteiger charge is -2.04. The van der Waals surface area contributed by atoms with Crippen molar-refractivity contribution in [2.75, 3.05) is 19.6 Å². The second-order valence-corrected chi connectivity index (χ2v) is 6.88. The van der Waals surface area contributed by atoms with Crippen molar-refractivity contribution in [1.29, 1.82) is 0 Å². The number of nitrogens with zero attached hydrogens (tertiary/aromatic N) is 2. The molecule has 0 fully saturated rings. The Kier molecular flexibility index (Phi) is 6.84. The first-order valence-corrected chi connectivity index (χ1v) is 9.03. The second kappa shape index (κ2) is 8.67. The van der Waals surface area contributed by atoms with Gasteiger partial charge in [0.25, 0.3) is 5.91 Å². The first-order valence-electron chi connectivity index (χ1n) is 7.84. The monoisotopic (exact) mass is 398 g/mol. The Labute approximate surface area is 161 Å². The molecule has 5 nitrogen and oxygen atoms in total. The summed E-state index contributed by atoms with van der Waals surface area (Å²) in [4.78, 5) is 14.0. The molecule has 0 aliphatic heterocycles. The van der Waals surface area contributed by atoms with Crippen molar-refractivity contribution >= 4 is 51.5 Å². The van der Waals surface area contributed by atoms with Gasteiger partial charge in [0.1, 0.15) is 4.83 Å². The molecule has 0 bridgehead atoms. The van der Waals surface area contributed by atoms with Gasteiger partial charge in [0.2, 0.25) is 0 Å². The molecule has 1 aromatic carbocycles. The number of aryl methyl sites for hydroxylation is 1. The number of likely N-dealkylation sites (N-methyl/N-ethyl adjacent to an activating group) is 1. The van der Waals surface area contributed by atoms with E-state index >= 15 is 0 Å². The van der Waals surface area contributed by atoms with E-state index in [0.29, 0.717) is 16.4 Å². The lowest BCUT2D eigenvalue weighted by atomic mass is 10.3. The van der Waals surface area contributed by atoms with Gasteiger partial charge in [-0.25, -0.2) is 4.68 Å². The van der Waals surface area contributed by atoms with Crippen LogP contribution >= 0.6 is 35.3 Å². The molecule has 0 unspecified atom stereocenters. The second-order valence-electron chi connectivity index (χ2n) is 5.42. The first kappa shape index (κ1) is 19.7. The molecule has 134 valence electrons. The van der Waals surface area contributed by atoms with Crippen LogP contribution in [0.5, 0.6) is 0 Å². The molecule has 2 heterocycles.